The van der Waals surface area contributed by atoms with Crippen molar-refractivity contribution in [1.82, 2.24) is 9.97 Å². The average Bonchev–Trinajstić information content (AvgIpc) is 3.28. The normalized spacial score (nSPS) is 11.8. The van der Waals surface area contributed by atoms with Gasteiger partial charge in [-0.3, -0.25) is 9.59 Å². The molecule has 0 saturated carbocycles. The van der Waals surface area contributed by atoms with Crippen molar-refractivity contribution in [2.45, 2.75) is 30.7 Å². The first kappa shape index (κ1) is 23.7. The van der Waals surface area contributed by atoms with Gasteiger partial charge in [-0.2, -0.15) is 0 Å². The van der Waals surface area contributed by atoms with Crippen LogP contribution in [0.25, 0.3) is 21.3 Å². The smallest absolute Gasteiger partial charge is 0.338 e. The second kappa shape index (κ2) is 10.7. The molecular formula is C25H23N3O4S2. The minimum atomic E-state index is -0.486. The Kier molecular flexibility index (Phi) is 7.44. The lowest BCUT2D eigenvalue weighted by atomic mass is 10.1. The van der Waals surface area contributed by atoms with Crippen LogP contribution in [0.4, 0.5) is 5.69 Å². The van der Waals surface area contributed by atoms with Crippen LogP contribution in [-0.2, 0) is 9.53 Å². The van der Waals surface area contributed by atoms with Gasteiger partial charge in [-0.05, 0) is 37.1 Å². The number of rotatable bonds is 8. The summed E-state index contributed by atoms with van der Waals surface area (Å²) in [6.45, 7) is 3.90. The number of ether oxygens (including phenoxy) is 1. The van der Waals surface area contributed by atoms with E-state index in [0.29, 0.717) is 33.0 Å². The number of H-pyrrole nitrogens is 1. The number of hydrogen-bond acceptors (Lipinski definition) is 7. The van der Waals surface area contributed by atoms with E-state index < -0.39 is 11.2 Å². The molecule has 0 aliphatic rings. The van der Waals surface area contributed by atoms with Gasteiger partial charge in [-0.15, -0.1) is 11.3 Å². The van der Waals surface area contributed by atoms with Gasteiger partial charge in [0.1, 0.15) is 4.83 Å². The summed E-state index contributed by atoms with van der Waals surface area (Å²) in [7, 11) is 0. The van der Waals surface area contributed by atoms with Crippen LogP contribution in [0.5, 0.6) is 0 Å². The quantitative estimate of drug-likeness (QED) is 0.195. The Morgan fingerprint density at radius 2 is 1.94 bits per heavy atom. The number of esters is 1. The van der Waals surface area contributed by atoms with Crippen molar-refractivity contribution < 1.29 is 14.3 Å². The molecule has 4 aromatic rings. The number of carbonyl (C=O) groups is 2. The number of aromatic amines is 1. The first-order chi connectivity index (χ1) is 16.5. The summed E-state index contributed by atoms with van der Waals surface area (Å²) in [6, 6.07) is 16.3. The molecule has 0 fully saturated rings. The van der Waals surface area contributed by atoms with Gasteiger partial charge in [0.2, 0.25) is 5.91 Å². The van der Waals surface area contributed by atoms with Gasteiger partial charge in [0.05, 0.1) is 22.8 Å². The van der Waals surface area contributed by atoms with Crippen LogP contribution < -0.4 is 10.9 Å². The van der Waals surface area contributed by atoms with E-state index in [1.54, 1.807) is 31.2 Å². The molecule has 2 aromatic carbocycles. The fourth-order valence-electron chi connectivity index (χ4n) is 3.43. The first-order valence-electron chi connectivity index (χ1n) is 10.8. The van der Waals surface area contributed by atoms with Gasteiger partial charge >= 0.3 is 5.97 Å². The maximum absolute atomic E-state index is 12.9. The highest BCUT2D eigenvalue weighted by atomic mass is 32.2. The zero-order valence-electron chi connectivity index (χ0n) is 18.7. The molecule has 0 spiro atoms. The number of amides is 1. The lowest BCUT2D eigenvalue weighted by Gasteiger charge is -2.14. The van der Waals surface area contributed by atoms with Crippen LogP contribution in [0.3, 0.4) is 0 Å². The van der Waals surface area contributed by atoms with E-state index >= 15 is 0 Å². The highest BCUT2D eigenvalue weighted by Gasteiger charge is 2.21. The molecule has 174 valence electrons. The maximum atomic E-state index is 12.9. The molecule has 0 aliphatic heterocycles. The standard InChI is InChI=1S/C25H23N3O4S2/c1-3-19(21(29)26-17-12-8-11-16(13-17)24(31)32-4-2)34-25-27-22(30)20-18(14-33-23(20)28-25)15-9-6-5-7-10-15/h5-14,19H,3-4H2,1-2H3,(H,26,29)(H,27,28,30). The van der Waals surface area contributed by atoms with Crippen LogP contribution in [0.1, 0.15) is 30.6 Å². The zero-order valence-corrected chi connectivity index (χ0v) is 20.3. The zero-order chi connectivity index (χ0) is 24.1. The van der Waals surface area contributed by atoms with Crippen molar-refractivity contribution >= 4 is 50.9 Å². The van der Waals surface area contributed by atoms with Crippen molar-refractivity contribution in [2.75, 3.05) is 11.9 Å². The van der Waals surface area contributed by atoms with E-state index in [9.17, 15) is 14.4 Å². The predicted octanol–water partition coefficient (Wildman–Crippen LogP) is 5.34. The Balaban J connectivity index is 1.53. The van der Waals surface area contributed by atoms with Crippen molar-refractivity contribution in [2.24, 2.45) is 0 Å². The van der Waals surface area contributed by atoms with Crippen LogP contribution in [0, 0.1) is 0 Å². The highest BCUT2D eigenvalue weighted by molar-refractivity contribution is 8.00. The molecule has 34 heavy (non-hydrogen) atoms. The Hall–Kier alpha value is -3.43. The third kappa shape index (κ3) is 5.21. The summed E-state index contributed by atoms with van der Waals surface area (Å²) >= 11 is 2.61. The van der Waals surface area contributed by atoms with Crippen LogP contribution in [0.2, 0.25) is 0 Å². The average molecular weight is 494 g/mol. The van der Waals surface area contributed by atoms with Crippen molar-refractivity contribution in [3.63, 3.8) is 0 Å². The van der Waals surface area contributed by atoms with Gasteiger partial charge in [-0.25, -0.2) is 9.78 Å². The number of nitrogens with zero attached hydrogens (tertiary/aromatic N) is 1. The van der Waals surface area contributed by atoms with E-state index in [4.69, 9.17) is 4.74 Å². The second-order valence-electron chi connectivity index (χ2n) is 7.37. The Labute approximate surface area is 204 Å². The molecular weight excluding hydrogens is 470 g/mol. The molecule has 7 nitrogen and oxygen atoms in total. The highest BCUT2D eigenvalue weighted by Crippen LogP contribution is 2.32. The van der Waals surface area contributed by atoms with E-state index in [1.165, 1.54) is 23.1 Å². The van der Waals surface area contributed by atoms with Crippen molar-refractivity contribution in [3.05, 3.63) is 75.9 Å². The molecule has 0 radical (unpaired) electrons. The number of benzene rings is 2. The molecule has 4 rings (SSSR count). The van der Waals surface area contributed by atoms with Gasteiger partial charge in [0.25, 0.3) is 5.56 Å². The largest absolute Gasteiger partial charge is 0.462 e. The Bertz CT molecular complexity index is 1380. The van der Waals surface area contributed by atoms with Crippen molar-refractivity contribution in [3.8, 4) is 11.1 Å². The number of thioether (sulfide) groups is 1. The van der Waals surface area contributed by atoms with Gasteiger partial charge in [0, 0.05) is 16.6 Å². The van der Waals surface area contributed by atoms with E-state index in [-0.39, 0.29) is 18.1 Å². The van der Waals surface area contributed by atoms with Crippen LogP contribution in [-0.4, -0.2) is 33.7 Å². The molecule has 0 aliphatic carbocycles. The number of carbonyl (C=O) groups excluding carboxylic acids is 2. The summed E-state index contributed by atoms with van der Waals surface area (Å²) in [5, 5.41) is 5.23. The first-order valence-corrected chi connectivity index (χ1v) is 12.6. The lowest BCUT2D eigenvalue weighted by molar-refractivity contribution is -0.115. The van der Waals surface area contributed by atoms with Crippen LogP contribution in [0.15, 0.2) is 69.9 Å². The molecule has 1 unspecified atom stereocenters. The number of thiophene rings is 1. The summed E-state index contributed by atoms with van der Waals surface area (Å²) in [5.74, 6) is -0.687. The minimum absolute atomic E-state index is 0.231. The second-order valence-corrected chi connectivity index (χ2v) is 9.42. The lowest BCUT2D eigenvalue weighted by Crippen LogP contribution is -2.25. The summed E-state index contributed by atoms with van der Waals surface area (Å²) in [6.07, 6.45) is 0.523. The monoisotopic (exact) mass is 493 g/mol. The maximum Gasteiger partial charge on any atom is 0.338 e. The number of nitrogens with one attached hydrogen (secondary N) is 2. The van der Waals surface area contributed by atoms with E-state index in [1.807, 2.05) is 42.6 Å². The Morgan fingerprint density at radius 1 is 1.15 bits per heavy atom. The number of hydrogen-bond donors (Lipinski definition) is 2. The van der Waals surface area contributed by atoms with Gasteiger partial charge in [-0.1, -0.05) is 55.1 Å². The third-order valence-electron chi connectivity index (χ3n) is 5.07. The number of fused-ring (bicyclic) bond motifs is 1. The molecule has 1 amide bonds. The van der Waals surface area contributed by atoms with E-state index in [2.05, 4.69) is 15.3 Å². The third-order valence-corrected chi connectivity index (χ3v) is 7.19. The fraction of sp³-hybridized carbons (Fsp3) is 0.200. The Morgan fingerprint density at radius 3 is 2.68 bits per heavy atom. The fourth-order valence-corrected chi connectivity index (χ4v) is 5.34. The predicted molar refractivity (Wildman–Crippen MR) is 137 cm³/mol. The molecule has 2 N–H and O–H groups in total. The van der Waals surface area contributed by atoms with E-state index in [0.717, 1.165) is 11.1 Å². The van der Waals surface area contributed by atoms with Gasteiger partial charge < -0.3 is 15.0 Å². The summed E-state index contributed by atoms with van der Waals surface area (Å²) in [5.41, 5.74) is 2.43. The molecule has 0 bridgehead atoms. The van der Waals surface area contributed by atoms with Gasteiger partial charge in [0.15, 0.2) is 5.16 Å². The molecule has 9 heteroatoms. The summed E-state index contributed by atoms with van der Waals surface area (Å²) in [4.78, 5) is 45.8. The molecule has 1 atom stereocenters. The topological polar surface area (TPSA) is 101 Å². The molecule has 2 aromatic heterocycles. The summed E-state index contributed by atoms with van der Waals surface area (Å²) < 4.78 is 5.02. The number of anilines is 1. The minimum Gasteiger partial charge on any atom is -0.462 e. The molecule has 2 heterocycles. The van der Waals surface area contributed by atoms with Crippen molar-refractivity contribution in [1.29, 1.82) is 0 Å². The number of aromatic nitrogens is 2. The SMILES string of the molecule is CCOC(=O)c1cccc(NC(=O)C(CC)Sc2nc3scc(-c4ccccc4)c3c(=O)[nH]2)c1. The molecule has 0 saturated heterocycles. The van der Waals surface area contributed by atoms with Crippen LogP contribution >= 0.6 is 23.1 Å².